The Balaban J connectivity index is 2.67. The maximum atomic E-state index is 9.05. The van der Waals surface area contributed by atoms with Crippen LogP contribution >= 0.6 is 11.6 Å². The number of halogens is 1. The van der Waals surface area contributed by atoms with Crippen molar-refractivity contribution in [2.75, 3.05) is 0 Å². The molecule has 0 aliphatic carbocycles. The first-order chi connectivity index (χ1) is 8.54. The van der Waals surface area contributed by atoms with E-state index in [1.54, 1.807) is 0 Å². The first-order valence-electron chi connectivity index (χ1n) is 5.68. The molecule has 1 heterocycles. The van der Waals surface area contributed by atoms with Crippen molar-refractivity contribution in [1.82, 2.24) is 4.98 Å². The summed E-state index contributed by atoms with van der Waals surface area (Å²) in [5.74, 6) is 0. The van der Waals surface area contributed by atoms with Gasteiger partial charge in [-0.1, -0.05) is 41.4 Å². The van der Waals surface area contributed by atoms with Crippen LogP contribution in [-0.2, 0) is 0 Å². The van der Waals surface area contributed by atoms with Gasteiger partial charge < -0.3 is 0 Å². The molecule has 0 unspecified atom stereocenters. The van der Waals surface area contributed by atoms with Crippen LogP contribution in [0.5, 0.6) is 0 Å². The van der Waals surface area contributed by atoms with Crippen molar-refractivity contribution in [3.8, 4) is 17.3 Å². The highest BCUT2D eigenvalue weighted by Crippen LogP contribution is 2.29. The molecule has 0 saturated carbocycles. The zero-order valence-electron chi connectivity index (χ0n) is 10.6. The average Bonchev–Trinajstić information content (AvgIpc) is 2.36. The van der Waals surface area contributed by atoms with Gasteiger partial charge >= 0.3 is 0 Å². The van der Waals surface area contributed by atoms with Crippen LogP contribution in [0.25, 0.3) is 11.3 Å². The van der Waals surface area contributed by atoms with E-state index in [0.29, 0.717) is 5.56 Å². The van der Waals surface area contributed by atoms with Crippen LogP contribution in [0, 0.1) is 32.1 Å². The van der Waals surface area contributed by atoms with E-state index in [4.69, 9.17) is 16.9 Å². The van der Waals surface area contributed by atoms with Crippen molar-refractivity contribution >= 4 is 11.6 Å². The van der Waals surface area contributed by atoms with Gasteiger partial charge in [-0.05, 0) is 31.9 Å². The zero-order valence-corrected chi connectivity index (χ0v) is 11.3. The molecule has 0 spiro atoms. The van der Waals surface area contributed by atoms with E-state index in [9.17, 15) is 0 Å². The third-order valence-electron chi connectivity index (χ3n) is 3.15. The van der Waals surface area contributed by atoms with Gasteiger partial charge in [-0.15, -0.1) is 0 Å². The minimum absolute atomic E-state index is 0.274. The van der Waals surface area contributed by atoms with Crippen LogP contribution in [-0.4, -0.2) is 4.98 Å². The molecule has 2 nitrogen and oxygen atoms in total. The molecule has 0 aliphatic rings. The van der Waals surface area contributed by atoms with E-state index in [-0.39, 0.29) is 5.15 Å². The van der Waals surface area contributed by atoms with Crippen LogP contribution in [0.15, 0.2) is 24.3 Å². The first kappa shape index (κ1) is 12.6. The quantitative estimate of drug-likeness (QED) is 0.717. The molecule has 0 fully saturated rings. The minimum Gasteiger partial charge on any atom is -0.234 e. The third kappa shape index (κ3) is 2.10. The molecule has 90 valence electrons. The van der Waals surface area contributed by atoms with Gasteiger partial charge in [-0.25, -0.2) is 4.98 Å². The molecule has 3 heteroatoms. The highest BCUT2D eigenvalue weighted by Gasteiger charge is 2.13. The van der Waals surface area contributed by atoms with E-state index in [1.807, 2.05) is 45.0 Å². The minimum atomic E-state index is 0.274. The Morgan fingerprint density at radius 2 is 1.67 bits per heavy atom. The Bertz CT molecular complexity index is 637. The maximum absolute atomic E-state index is 9.05. The lowest BCUT2D eigenvalue weighted by molar-refractivity contribution is 1.20. The number of hydrogen-bond donors (Lipinski definition) is 0. The van der Waals surface area contributed by atoms with E-state index < -0.39 is 0 Å². The second-order valence-electron chi connectivity index (χ2n) is 4.35. The normalized spacial score (nSPS) is 10.2. The van der Waals surface area contributed by atoms with Crippen molar-refractivity contribution in [1.29, 1.82) is 5.26 Å². The standard InChI is InChI=1S/C15H13ClN2/c1-9-4-6-12(7-5-9)14-11(3)10(2)13(8-17)15(16)18-14/h4-7H,1-3H3. The average molecular weight is 257 g/mol. The van der Waals surface area contributed by atoms with Crippen LogP contribution < -0.4 is 0 Å². The summed E-state index contributed by atoms with van der Waals surface area (Å²) in [7, 11) is 0. The molecule has 0 N–H and O–H groups in total. The van der Waals surface area contributed by atoms with Gasteiger partial charge in [0.1, 0.15) is 11.2 Å². The molecule has 1 aromatic heterocycles. The Morgan fingerprint density at radius 3 is 2.22 bits per heavy atom. The Hall–Kier alpha value is -1.85. The van der Waals surface area contributed by atoms with Gasteiger partial charge in [0.2, 0.25) is 0 Å². The molecule has 1 aromatic carbocycles. The van der Waals surface area contributed by atoms with E-state index in [2.05, 4.69) is 11.1 Å². The second kappa shape index (κ2) is 4.80. The van der Waals surface area contributed by atoms with Crippen LogP contribution in [0.2, 0.25) is 5.15 Å². The predicted octanol–water partition coefficient (Wildman–Crippen LogP) is 4.20. The van der Waals surface area contributed by atoms with Gasteiger partial charge in [-0.3, -0.25) is 0 Å². The molecule has 0 amide bonds. The molecule has 2 aromatic rings. The van der Waals surface area contributed by atoms with Crippen molar-refractivity contribution in [3.63, 3.8) is 0 Å². The fraction of sp³-hybridized carbons (Fsp3) is 0.200. The molecular formula is C15H13ClN2. The van der Waals surface area contributed by atoms with E-state index in [1.165, 1.54) is 5.56 Å². The monoisotopic (exact) mass is 256 g/mol. The Labute approximate surface area is 112 Å². The predicted molar refractivity (Wildman–Crippen MR) is 73.6 cm³/mol. The lowest BCUT2D eigenvalue weighted by atomic mass is 9.99. The second-order valence-corrected chi connectivity index (χ2v) is 4.71. The topological polar surface area (TPSA) is 36.7 Å². The van der Waals surface area contributed by atoms with E-state index in [0.717, 1.165) is 22.4 Å². The number of benzene rings is 1. The summed E-state index contributed by atoms with van der Waals surface area (Å²) in [5, 5.41) is 9.32. The fourth-order valence-corrected chi connectivity index (χ4v) is 2.15. The lowest BCUT2D eigenvalue weighted by Crippen LogP contribution is -1.97. The molecule has 0 radical (unpaired) electrons. The highest BCUT2D eigenvalue weighted by molar-refractivity contribution is 6.30. The number of nitriles is 1. The summed E-state index contributed by atoms with van der Waals surface area (Å²) < 4.78 is 0. The Morgan fingerprint density at radius 1 is 1.06 bits per heavy atom. The summed E-state index contributed by atoms with van der Waals surface area (Å²) in [6.07, 6.45) is 0. The van der Waals surface area contributed by atoms with Gasteiger partial charge in [0.25, 0.3) is 0 Å². The van der Waals surface area contributed by atoms with E-state index >= 15 is 0 Å². The molecule has 18 heavy (non-hydrogen) atoms. The molecule has 0 atom stereocenters. The number of rotatable bonds is 1. The van der Waals surface area contributed by atoms with Crippen LogP contribution in [0.3, 0.4) is 0 Å². The number of nitrogens with zero attached hydrogens (tertiary/aromatic N) is 2. The van der Waals surface area contributed by atoms with Crippen molar-refractivity contribution in [2.24, 2.45) is 0 Å². The zero-order chi connectivity index (χ0) is 13.3. The molecule has 0 bridgehead atoms. The largest absolute Gasteiger partial charge is 0.234 e. The summed E-state index contributed by atoms with van der Waals surface area (Å²) in [4.78, 5) is 4.35. The number of aromatic nitrogens is 1. The number of pyridine rings is 1. The number of hydrogen-bond acceptors (Lipinski definition) is 2. The van der Waals surface area contributed by atoms with Crippen molar-refractivity contribution < 1.29 is 0 Å². The molecular weight excluding hydrogens is 244 g/mol. The summed E-state index contributed by atoms with van der Waals surface area (Å²) in [6.45, 7) is 5.91. The fourth-order valence-electron chi connectivity index (χ4n) is 1.88. The lowest BCUT2D eigenvalue weighted by Gasteiger charge is -2.11. The maximum Gasteiger partial charge on any atom is 0.147 e. The molecule has 0 aliphatic heterocycles. The van der Waals surface area contributed by atoms with Gasteiger partial charge in [0.05, 0.1) is 11.3 Å². The van der Waals surface area contributed by atoms with Crippen LogP contribution in [0.4, 0.5) is 0 Å². The smallest absolute Gasteiger partial charge is 0.147 e. The molecule has 0 saturated heterocycles. The highest BCUT2D eigenvalue weighted by atomic mass is 35.5. The van der Waals surface area contributed by atoms with Crippen molar-refractivity contribution in [2.45, 2.75) is 20.8 Å². The summed E-state index contributed by atoms with van der Waals surface area (Å²) in [6, 6.07) is 10.2. The molecule has 2 rings (SSSR count). The first-order valence-corrected chi connectivity index (χ1v) is 6.06. The summed E-state index contributed by atoms with van der Waals surface area (Å²) in [5.41, 5.74) is 5.43. The van der Waals surface area contributed by atoms with Gasteiger partial charge in [-0.2, -0.15) is 5.26 Å². The van der Waals surface area contributed by atoms with Gasteiger partial charge in [0, 0.05) is 5.56 Å². The van der Waals surface area contributed by atoms with Crippen molar-refractivity contribution in [3.05, 3.63) is 51.7 Å². The Kier molecular flexibility index (Phi) is 3.36. The third-order valence-corrected chi connectivity index (χ3v) is 3.42. The number of aryl methyl sites for hydroxylation is 1. The SMILES string of the molecule is Cc1ccc(-c2nc(Cl)c(C#N)c(C)c2C)cc1. The van der Waals surface area contributed by atoms with Gasteiger partial charge in [0.15, 0.2) is 0 Å². The summed E-state index contributed by atoms with van der Waals surface area (Å²) >= 11 is 6.05. The van der Waals surface area contributed by atoms with Crippen LogP contribution in [0.1, 0.15) is 22.3 Å².